The molecular weight excluding hydrogens is 300 g/mol. The minimum Gasteiger partial charge on any atom is -0.391 e. The van der Waals surface area contributed by atoms with Gasteiger partial charge in [-0.1, -0.05) is 48.5 Å². The Morgan fingerprint density at radius 3 is 2.58 bits per heavy atom. The number of carbonyl (C=O) groups excluding carboxylic acids is 1. The Hall–Kier alpha value is -2.17. The third-order valence-corrected chi connectivity index (χ3v) is 3.90. The van der Waals surface area contributed by atoms with E-state index >= 15 is 0 Å². The van der Waals surface area contributed by atoms with Crippen LogP contribution >= 0.6 is 0 Å². The highest BCUT2D eigenvalue weighted by molar-refractivity contribution is 5.94. The first-order chi connectivity index (χ1) is 11.7. The molecule has 0 heterocycles. The van der Waals surface area contributed by atoms with Gasteiger partial charge in [0.25, 0.3) is 0 Å². The van der Waals surface area contributed by atoms with Gasteiger partial charge in [-0.3, -0.25) is 4.79 Å². The summed E-state index contributed by atoms with van der Waals surface area (Å²) in [6, 6.07) is 17.5. The number of aliphatic hydroxyl groups is 1. The molecule has 4 nitrogen and oxygen atoms in total. The molecule has 1 radical (unpaired) electrons. The highest BCUT2D eigenvalue weighted by Gasteiger charge is 2.07. The monoisotopic (exact) mass is 325 g/mol. The number of benzene rings is 2. The number of rotatable bonds is 10. The molecule has 4 N–H and O–H groups in total. The van der Waals surface area contributed by atoms with Crippen molar-refractivity contribution in [1.29, 1.82) is 0 Å². The Morgan fingerprint density at radius 2 is 1.83 bits per heavy atom. The minimum atomic E-state index is -0.469. The molecule has 0 unspecified atom stereocenters. The van der Waals surface area contributed by atoms with Gasteiger partial charge in [-0.15, -0.1) is 0 Å². The first kappa shape index (κ1) is 18.2. The van der Waals surface area contributed by atoms with E-state index in [1.54, 1.807) is 6.07 Å². The zero-order valence-corrected chi connectivity index (χ0v) is 13.8. The number of nitrogens with one attached hydrogen (secondary N) is 1. The van der Waals surface area contributed by atoms with Crippen molar-refractivity contribution in [3.63, 3.8) is 0 Å². The fourth-order valence-corrected chi connectivity index (χ4v) is 2.60. The third kappa shape index (κ3) is 6.14. The lowest BCUT2D eigenvalue weighted by Crippen LogP contribution is -2.28. The molecule has 0 bridgehead atoms. The fraction of sp³-hybridized carbons (Fsp3) is 0.300. The molecule has 0 spiro atoms. The van der Waals surface area contributed by atoms with E-state index in [9.17, 15) is 9.90 Å². The molecule has 2 aromatic carbocycles. The van der Waals surface area contributed by atoms with Gasteiger partial charge in [0.1, 0.15) is 0 Å². The molecule has 4 heteroatoms. The van der Waals surface area contributed by atoms with Gasteiger partial charge >= 0.3 is 0 Å². The molecule has 2 rings (SSSR count). The summed E-state index contributed by atoms with van der Waals surface area (Å²) in [6.07, 6.45) is 3.87. The van der Waals surface area contributed by atoms with Gasteiger partial charge in [0.05, 0.1) is 6.10 Å². The molecule has 0 saturated heterocycles. The molecule has 0 fully saturated rings. The highest BCUT2D eigenvalue weighted by atomic mass is 16.3. The van der Waals surface area contributed by atoms with Crippen molar-refractivity contribution in [1.82, 2.24) is 5.32 Å². The predicted molar refractivity (Wildman–Crippen MR) is 96.6 cm³/mol. The Labute approximate surface area is 143 Å². The summed E-state index contributed by atoms with van der Waals surface area (Å²) in [5.41, 5.74) is 8.13. The topological polar surface area (TPSA) is 75.4 Å². The van der Waals surface area contributed by atoms with Gasteiger partial charge < -0.3 is 16.2 Å². The second-order valence-corrected chi connectivity index (χ2v) is 5.82. The number of hydrogen-bond donors (Lipinski definition) is 3. The van der Waals surface area contributed by atoms with E-state index in [0.717, 1.165) is 31.4 Å². The van der Waals surface area contributed by atoms with Gasteiger partial charge in [-0.05, 0) is 49.4 Å². The molecule has 0 aliphatic heterocycles. The van der Waals surface area contributed by atoms with Gasteiger partial charge in [-0.25, -0.2) is 0 Å². The molecule has 24 heavy (non-hydrogen) atoms. The number of carbonyl (C=O) groups is 1. The van der Waals surface area contributed by atoms with Crippen LogP contribution in [-0.4, -0.2) is 30.2 Å². The number of aryl methyl sites for hydroxylation is 1. The molecule has 0 saturated carbocycles. The summed E-state index contributed by atoms with van der Waals surface area (Å²) < 4.78 is 0. The Bertz CT molecular complexity index is 629. The molecule has 1 atom stereocenters. The zero-order chi connectivity index (χ0) is 17.2. The van der Waals surface area contributed by atoms with E-state index < -0.39 is 6.10 Å². The van der Waals surface area contributed by atoms with Crippen molar-refractivity contribution in [3.05, 3.63) is 77.7 Å². The van der Waals surface area contributed by atoms with Crippen LogP contribution in [-0.2, 0) is 12.8 Å². The summed E-state index contributed by atoms with van der Waals surface area (Å²) >= 11 is 0. The van der Waals surface area contributed by atoms with Gasteiger partial charge in [0, 0.05) is 12.1 Å². The molecule has 127 valence electrons. The number of aliphatic hydroxyl groups excluding tert-OH is 1. The lowest BCUT2D eigenvalue weighted by Gasteiger charge is -2.12. The SMILES string of the molecule is NC(=O)c1ccccc1CCCNC[C@@H](O)[CH]Cc1ccccc1. The Kier molecular flexibility index (Phi) is 7.46. The smallest absolute Gasteiger partial charge is 0.248 e. The molecule has 0 aliphatic carbocycles. The maximum atomic E-state index is 11.4. The molecule has 0 aromatic heterocycles. The molecular formula is C20H25N2O2. The van der Waals surface area contributed by atoms with Crippen molar-refractivity contribution in [3.8, 4) is 0 Å². The normalized spacial score (nSPS) is 12.0. The number of primary amides is 1. The van der Waals surface area contributed by atoms with E-state index in [1.165, 1.54) is 5.56 Å². The van der Waals surface area contributed by atoms with Crippen molar-refractivity contribution >= 4 is 5.91 Å². The molecule has 2 aromatic rings. The van der Waals surface area contributed by atoms with E-state index in [4.69, 9.17) is 5.73 Å². The van der Waals surface area contributed by atoms with Gasteiger partial charge in [0.2, 0.25) is 5.91 Å². The van der Waals surface area contributed by atoms with Crippen LogP contribution < -0.4 is 11.1 Å². The maximum absolute atomic E-state index is 11.4. The van der Waals surface area contributed by atoms with Crippen molar-refractivity contribution in [2.45, 2.75) is 25.4 Å². The van der Waals surface area contributed by atoms with E-state index in [0.29, 0.717) is 12.1 Å². The van der Waals surface area contributed by atoms with Gasteiger partial charge in [-0.2, -0.15) is 0 Å². The second-order valence-electron chi connectivity index (χ2n) is 5.82. The van der Waals surface area contributed by atoms with Crippen LogP contribution in [0.2, 0.25) is 0 Å². The minimum absolute atomic E-state index is 0.385. The van der Waals surface area contributed by atoms with Crippen LogP contribution in [0.1, 0.15) is 27.9 Å². The van der Waals surface area contributed by atoms with Crippen LogP contribution in [0.3, 0.4) is 0 Å². The summed E-state index contributed by atoms with van der Waals surface area (Å²) in [4.78, 5) is 11.4. The lowest BCUT2D eigenvalue weighted by molar-refractivity contribution is 0.0999. The largest absolute Gasteiger partial charge is 0.391 e. The van der Waals surface area contributed by atoms with Crippen LogP contribution in [0, 0.1) is 6.42 Å². The zero-order valence-electron chi connectivity index (χ0n) is 13.8. The van der Waals surface area contributed by atoms with E-state index in [-0.39, 0.29) is 5.91 Å². The average molecular weight is 325 g/mol. The predicted octanol–water partition coefficient (Wildman–Crippen LogP) is 2.12. The quantitative estimate of drug-likeness (QED) is 0.586. The summed E-state index contributed by atoms with van der Waals surface area (Å²) in [5.74, 6) is -0.385. The average Bonchev–Trinajstić information content (AvgIpc) is 2.61. The standard InChI is InChI=1S/C20H25N2O2/c21-20(24)19-11-5-4-9-17(19)10-6-14-22-15-18(23)13-12-16-7-2-1-3-8-16/h1-5,7-9,11,13,18,22-23H,6,10,12,14-15H2,(H2,21,24)/t18-/m0/s1. The first-order valence-electron chi connectivity index (χ1n) is 8.30. The van der Waals surface area contributed by atoms with Crippen LogP contribution in [0.5, 0.6) is 0 Å². The van der Waals surface area contributed by atoms with Crippen LogP contribution in [0.4, 0.5) is 0 Å². The lowest BCUT2D eigenvalue weighted by atomic mass is 10.0. The summed E-state index contributed by atoms with van der Waals surface area (Å²) in [7, 11) is 0. The fourth-order valence-electron chi connectivity index (χ4n) is 2.60. The number of nitrogens with two attached hydrogens (primary N) is 1. The highest BCUT2D eigenvalue weighted by Crippen LogP contribution is 2.10. The maximum Gasteiger partial charge on any atom is 0.248 e. The summed E-state index contributed by atoms with van der Waals surface area (Å²) in [5, 5.41) is 13.2. The second kappa shape index (κ2) is 9.85. The van der Waals surface area contributed by atoms with Crippen molar-refractivity contribution in [2.75, 3.05) is 13.1 Å². The number of hydrogen-bond acceptors (Lipinski definition) is 3. The van der Waals surface area contributed by atoms with Crippen molar-refractivity contribution in [2.24, 2.45) is 5.73 Å². The van der Waals surface area contributed by atoms with E-state index in [2.05, 4.69) is 5.32 Å². The third-order valence-electron chi connectivity index (χ3n) is 3.90. The van der Waals surface area contributed by atoms with Crippen LogP contribution in [0.25, 0.3) is 0 Å². The van der Waals surface area contributed by atoms with Gasteiger partial charge in [0.15, 0.2) is 0 Å². The summed E-state index contributed by atoms with van der Waals surface area (Å²) in [6.45, 7) is 1.31. The Balaban J connectivity index is 1.62. The number of amides is 1. The van der Waals surface area contributed by atoms with Crippen molar-refractivity contribution < 1.29 is 9.90 Å². The van der Waals surface area contributed by atoms with Crippen LogP contribution in [0.15, 0.2) is 54.6 Å². The first-order valence-corrected chi connectivity index (χ1v) is 8.30. The Morgan fingerprint density at radius 1 is 1.12 bits per heavy atom. The molecule has 1 amide bonds. The molecule has 0 aliphatic rings. The van der Waals surface area contributed by atoms with E-state index in [1.807, 2.05) is 55.0 Å².